The fourth-order valence-corrected chi connectivity index (χ4v) is 12.2. The van der Waals surface area contributed by atoms with Gasteiger partial charge in [-0.2, -0.15) is 0 Å². The summed E-state index contributed by atoms with van der Waals surface area (Å²) >= 11 is 1.87. The number of thiophene rings is 1. The minimum atomic E-state index is 0.881. The lowest BCUT2D eigenvalue weighted by atomic mass is 9.83. The molecule has 0 aliphatic rings. The zero-order chi connectivity index (χ0) is 43.3. The molecule has 2 heterocycles. The summed E-state index contributed by atoms with van der Waals surface area (Å²) < 4.78 is 9.52. The van der Waals surface area contributed by atoms with E-state index < -0.39 is 0 Å². The van der Waals surface area contributed by atoms with Gasteiger partial charge in [-0.3, -0.25) is 0 Å². The fraction of sp³-hybridized carbons (Fsp3) is 0. The molecule has 2 heteroatoms. The molecule has 0 fully saturated rings. The van der Waals surface area contributed by atoms with Crippen molar-refractivity contribution in [2.45, 2.75) is 0 Å². The van der Waals surface area contributed by atoms with Crippen LogP contribution in [-0.2, 0) is 0 Å². The fourth-order valence-electron chi connectivity index (χ4n) is 11.1. The van der Waals surface area contributed by atoms with Crippen LogP contribution in [0.15, 0.2) is 235 Å². The summed E-state index contributed by atoms with van der Waals surface area (Å²) in [6.45, 7) is 0. The highest BCUT2D eigenvalue weighted by Gasteiger charge is 2.24. The van der Waals surface area contributed by atoms with Crippen molar-refractivity contribution < 1.29 is 4.42 Å². The zero-order valence-electron chi connectivity index (χ0n) is 35.8. The molecule has 0 bridgehead atoms. The van der Waals surface area contributed by atoms with Gasteiger partial charge >= 0.3 is 0 Å². The molecular formula is C64H38OS. The molecule has 0 radical (unpaired) electrons. The van der Waals surface area contributed by atoms with Crippen LogP contribution in [0.25, 0.3) is 141 Å². The molecule has 0 amide bonds. The van der Waals surface area contributed by atoms with Crippen molar-refractivity contribution in [3.63, 3.8) is 0 Å². The Bertz CT molecular complexity index is 4160. The molecule has 0 unspecified atom stereocenters. The molecule has 0 saturated heterocycles. The first-order chi connectivity index (χ1) is 32.8. The van der Waals surface area contributed by atoms with Crippen LogP contribution in [0, 0.1) is 0 Å². The normalized spacial score (nSPS) is 11.9. The van der Waals surface area contributed by atoms with Crippen molar-refractivity contribution in [3.8, 4) is 55.6 Å². The first-order valence-corrected chi connectivity index (χ1v) is 23.5. The Morgan fingerprint density at radius 2 is 0.606 bits per heavy atom. The molecular weight excluding hydrogens is 817 g/mol. The van der Waals surface area contributed by atoms with Gasteiger partial charge in [0.05, 0.1) is 0 Å². The highest BCUT2D eigenvalue weighted by molar-refractivity contribution is 7.25. The van der Waals surface area contributed by atoms with E-state index in [9.17, 15) is 0 Å². The number of hydrogen-bond acceptors (Lipinski definition) is 2. The summed E-state index contributed by atoms with van der Waals surface area (Å²) in [5, 5.41) is 14.7. The second-order valence-electron chi connectivity index (χ2n) is 17.4. The molecule has 0 N–H and O–H groups in total. The maximum absolute atomic E-state index is 6.92. The van der Waals surface area contributed by atoms with Crippen molar-refractivity contribution in [1.29, 1.82) is 0 Å². The van der Waals surface area contributed by atoms with Gasteiger partial charge in [0.25, 0.3) is 0 Å². The summed E-state index contributed by atoms with van der Waals surface area (Å²) in [7, 11) is 0. The number of fused-ring (bicyclic) bond motifs is 10. The predicted octanol–water partition coefficient (Wildman–Crippen LogP) is 18.9. The van der Waals surface area contributed by atoms with Gasteiger partial charge < -0.3 is 4.42 Å². The Labute approximate surface area is 385 Å². The zero-order valence-corrected chi connectivity index (χ0v) is 36.6. The van der Waals surface area contributed by atoms with E-state index in [2.05, 4.69) is 231 Å². The Kier molecular flexibility index (Phi) is 8.22. The summed E-state index contributed by atoms with van der Waals surface area (Å²) in [6, 6.07) is 84.6. The van der Waals surface area contributed by atoms with Crippen LogP contribution in [0.1, 0.15) is 0 Å². The lowest BCUT2D eigenvalue weighted by Crippen LogP contribution is -1.92. The molecule has 0 saturated carbocycles. The number of hydrogen-bond donors (Lipinski definition) is 0. The molecule has 66 heavy (non-hydrogen) atoms. The van der Waals surface area contributed by atoms with E-state index in [4.69, 9.17) is 4.42 Å². The minimum absolute atomic E-state index is 0.881. The lowest BCUT2D eigenvalue weighted by molar-refractivity contribution is 0.669. The Balaban J connectivity index is 1.04. The largest absolute Gasteiger partial charge is 0.456 e. The average Bonchev–Trinajstić information content (AvgIpc) is 3.96. The third-order valence-corrected chi connectivity index (χ3v) is 15.0. The van der Waals surface area contributed by atoms with Crippen molar-refractivity contribution in [2.24, 2.45) is 0 Å². The van der Waals surface area contributed by atoms with E-state index in [-0.39, 0.29) is 0 Å². The Hall–Kier alpha value is -8.30. The van der Waals surface area contributed by atoms with Crippen LogP contribution in [0.2, 0.25) is 0 Å². The van der Waals surface area contributed by atoms with Crippen molar-refractivity contribution in [2.75, 3.05) is 0 Å². The summed E-state index contributed by atoms with van der Waals surface area (Å²) in [4.78, 5) is 0. The summed E-state index contributed by atoms with van der Waals surface area (Å²) in [5.41, 5.74) is 14.0. The minimum Gasteiger partial charge on any atom is -0.456 e. The van der Waals surface area contributed by atoms with E-state index >= 15 is 0 Å². The van der Waals surface area contributed by atoms with E-state index in [1.807, 2.05) is 11.3 Å². The van der Waals surface area contributed by atoms with Gasteiger partial charge in [-0.15, -0.1) is 11.3 Å². The van der Waals surface area contributed by atoms with Crippen LogP contribution in [-0.4, -0.2) is 0 Å². The van der Waals surface area contributed by atoms with Gasteiger partial charge in [-0.05, 0) is 135 Å². The SMILES string of the molecule is c1ccc(-c2ccc3sc4ccc(-c5c6ccccc6c(-c6cccc7oc8cccc(-c9c%10ccccc%10c(-c%10ccccc%10)c%10ccccc9%10)c8c67)c6ccccc56)cc4c3c2)cc1. The molecule has 0 atom stereocenters. The van der Waals surface area contributed by atoms with Crippen LogP contribution in [0.3, 0.4) is 0 Å². The summed E-state index contributed by atoms with van der Waals surface area (Å²) in [5.74, 6) is 0. The highest BCUT2D eigenvalue weighted by Crippen LogP contribution is 2.51. The molecule has 12 aromatic carbocycles. The van der Waals surface area contributed by atoms with Crippen LogP contribution >= 0.6 is 11.3 Å². The third-order valence-electron chi connectivity index (χ3n) is 13.9. The molecule has 1 nitrogen and oxygen atoms in total. The van der Waals surface area contributed by atoms with Gasteiger partial charge in [0.1, 0.15) is 11.2 Å². The van der Waals surface area contributed by atoms with Gasteiger partial charge in [0.2, 0.25) is 0 Å². The molecule has 14 rings (SSSR count). The van der Waals surface area contributed by atoms with Crippen LogP contribution in [0.4, 0.5) is 0 Å². The van der Waals surface area contributed by atoms with Crippen molar-refractivity contribution in [3.05, 3.63) is 231 Å². The first-order valence-electron chi connectivity index (χ1n) is 22.7. The van der Waals surface area contributed by atoms with Crippen LogP contribution in [0.5, 0.6) is 0 Å². The summed E-state index contributed by atoms with van der Waals surface area (Å²) in [6.07, 6.45) is 0. The van der Waals surface area contributed by atoms with E-state index in [1.54, 1.807) is 0 Å². The molecule has 0 aliphatic heterocycles. The second kappa shape index (κ2) is 14.6. The monoisotopic (exact) mass is 854 g/mol. The maximum atomic E-state index is 6.92. The molecule has 2 aromatic heterocycles. The molecule has 14 aromatic rings. The smallest absolute Gasteiger partial charge is 0.136 e. The first kappa shape index (κ1) is 37.1. The lowest BCUT2D eigenvalue weighted by Gasteiger charge is -2.19. The molecule has 306 valence electrons. The predicted molar refractivity (Wildman–Crippen MR) is 284 cm³/mol. The number of rotatable bonds is 5. The second-order valence-corrected chi connectivity index (χ2v) is 18.5. The van der Waals surface area contributed by atoms with Crippen LogP contribution < -0.4 is 0 Å². The number of furan rings is 1. The topological polar surface area (TPSA) is 13.1 Å². The van der Waals surface area contributed by atoms with Crippen molar-refractivity contribution in [1.82, 2.24) is 0 Å². The van der Waals surface area contributed by atoms with Gasteiger partial charge in [0.15, 0.2) is 0 Å². The standard InChI is InChI=1S/C64H38OS/c1-3-17-39(18-4-1)41-33-35-57-53(37-41)54-38-42(34-36-58(54)66-57)60-45-23-9-13-27-49(45)62(50-28-14-10-24-46(50)60)52-30-16-32-56-64(52)63-51(29-15-31-55(63)65-56)61-47-25-11-7-21-43(47)59(40-19-5-2-6-20-40)44-22-8-12-26-48(44)61/h1-38H. The number of benzene rings is 12. The van der Waals surface area contributed by atoms with Crippen molar-refractivity contribution >= 4 is 96.5 Å². The van der Waals surface area contributed by atoms with Gasteiger partial charge in [-0.25, -0.2) is 0 Å². The third kappa shape index (κ3) is 5.52. The van der Waals surface area contributed by atoms with E-state index in [0.29, 0.717) is 0 Å². The van der Waals surface area contributed by atoms with E-state index in [1.165, 1.54) is 119 Å². The van der Waals surface area contributed by atoms with E-state index in [0.717, 1.165) is 21.9 Å². The Morgan fingerprint density at radius 3 is 1.06 bits per heavy atom. The average molecular weight is 855 g/mol. The molecule has 0 spiro atoms. The van der Waals surface area contributed by atoms with Gasteiger partial charge in [0, 0.05) is 30.9 Å². The quantitative estimate of drug-likeness (QED) is 0.157. The maximum Gasteiger partial charge on any atom is 0.136 e. The molecule has 0 aliphatic carbocycles. The Morgan fingerprint density at radius 1 is 0.242 bits per heavy atom. The highest BCUT2D eigenvalue weighted by atomic mass is 32.1. The van der Waals surface area contributed by atoms with Gasteiger partial charge in [-0.1, -0.05) is 194 Å².